The Balaban J connectivity index is 3.94. The third-order valence-corrected chi connectivity index (χ3v) is 4.11. The van der Waals surface area contributed by atoms with Crippen molar-refractivity contribution in [3.8, 4) is 0 Å². The van der Waals surface area contributed by atoms with E-state index in [-0.39, 0.29) is 0 Å². The van der Waals surface area contributed by atoms with Gasteiger partial charge in [-0.05, 0) is 52.9 Å². The fourth-order valence-corrected chi connectivity index (χ4v) is 2.50. The number of hydrogen-bond acceptors (Lipinski definition) is 0. The van der Waals surface area contributed by atoms with Crippen molar-refractivity contribution in [2.45, 2.75) is 52.9 Å². The van der Waals surface area contributed by atoms with E-state index in [4.69, 9.17) is 0 Å². The average molecular weight is 425 g/mol. The lowest BCUT2D eigenvalue weighted by molar-refractivity contribution is 0.916. The number of alkyl halides is 2. The quantitative estimate of drug-likeness (QED) is 0.222. The van der Waals surface area contributed by atoms with Crippen LogP contribution in [0.25, 0.3) is 0 Å². The van der Waals surface area contributed by atoms with Gasteiger partial charge in [-0.25, -0.2) is 0 Å². The Morgan fingerprint density at radius 3 is 2.17 bits per heavy atom. The lowest BCUT2D eigenvalue weighted by Gasteiger charge is -2.03. The number of hydrogen-bond donors (Lipinski definition) is 0. The van der Waals surface area contributed by atoms with Crippen molar-refractivity contribution in [2.24, 2.45) is 0 Å². The molecule has 0 amide bonds. The monoisotopic (exact) mass is 424 g/mol. The first-order valence-corrected chi connectivity index (χ1v) is 9.33. The molecular formula is C16H26BrI. The van der Waals surface area contributed by atoms with E-state index in [1.165, 1.54) is 47.7 Å². The molecule has 0 aliphatic carbocycles. The van der Waals surface area contributed by atoms with Crippen LogP contribution in [0.4, 0.5) is 0 Å². The highest BCUT2D eigenvalue weighted by atomic mass is 127. The molecule has 0 unspecified atom stereocenters. The number of allylic oxidation sites excluding steroid dienone is 6. The highest BCUT2D eigenvalue weighted by molar-refractivity contribution is 14.1. The molecule has 0 rings (SSSR count). The highest BCUT2D eigenvalue weighted by Crippen LogP contribution is 2.14. The minimum absolute atomic E-state index is 1.02. The molecule has 18 heavy (non-hydrogen) atoms. The molecule has 0 aromatic rings. The SMILES string of the molecule is CC(C)=CCC/C(C)=C/CC/C(=C\CCI)CBr. The largest absolute Gasteiger partial charge is 0.0880 e. The van der Waals surface area contributed by atoms with Crippen LogP contribution in [0.1, 0.15) is 52.9 Å². The predicted molar refractivity (Wildman–Crippen MR) is 97.0 cm³/mol. The first-order chi connectivity index (χ1) is 8.60. The smallest absolute Gasteiger partial charge is 0.0241 e. The molecule has 0 spiro atoms. The van der Waals surface area contributed by atoms with E-state index >= 15 is 0 Å². The Kier molecular flexibility index (Phi) is 12.8. The summed E-state index contributed by atoms with van der Waals surface area (Å²) in [5.41, 5.74) is 4.49. The van der Waals surface area contributed by atoms with Crippen LogP contribution in [0.5, 0.6) is 0 Å². The van der Waals surface area contributed by atoms with Crippen molar-refractivity contribution in [1.82, 2.24) is 0 Å². The van der Waals surface area contributed by atoms with Gasteiger partial charge in [0.2, 0.25) is 0 Å². The summed E-state index contributed by atoms with van der Waals surface area (Å²) in [7, 11) is 0. The van der Waals surface area contributed by atoms with Crippen molar-refractivity contribution in [3.63, 3.8) is 0 Å². The third kappa shape index (κ3) is 11.5. The molecule has 0 saturated heterocycles. The Hall–Kier alpha value is 0.430. The normalized spacial score (nSPS) is 12.7. The van der Waals surface area contributed by atoms with Crippen molar-refractivity contribution in [1.29, 1.82) is 0 Å². The zero-order valence-electron chi connectivity index (χ0n) is 11.9. The summed E-state index contributed by atoms with van der Waals surface area (Å²) < 4.78 is 1.21. The molecule has 0 aromatic heterocycles. The zero-order valence-corrected chi connectivity index (χ0v) is 15.7. The summed E-state index contributed by atoms with van der Waals surface area (Å²) in [4.78, 5) is 0. The van der Waals surface area contributed by atoms with Gasteiger partial charge in [0, 0.05) is 9.76 Å². The van der Waals surface area contributed by atoms with Crippen LogP contribution in [-0.4, -0.2) is 9.76 Å². The highest BCUT2D eigenvalue weighted by Gasteiger charge is 1.95. The molecule has 0 bridgehead atoms. The lowest BCUT2D eigenvalue weighted by atomic mass is 10.1. The van der Waals surface area contributed by atoms with E-state index in [0.717, 1.165) is 5.33 Å². The minimum atomic E-state index is 1.02. The summed E-state index contributed by atoms with van der Waals surface area (Å²) in [6.45, 7) is 6.58. The van der Waals surface area contributed by atoms with Crippen molar-refractivity contribution >= 4 is 38.5 Å². The van der Waals surface area contributed by atoms with Gasteiger partial charge in [-0.1, -0.05) is 73.5 Å². The summed E-state index contributed by atoms with van der Waals surface area (Å²) in [6.07, 6.45) is 13.1. The first-order valence-electron chi connectivity index (χ1n) is 6.69. The predicted octanol–water partition coefficient (Wildman–Crippen LogP) is 6.61. The van der Waals surface area contributed by atoms with Crippen LogP contribution in [0.15, 0.2) is 34.9 Å². The summed E-state index contributed by atoms with van der Waals surface area (Å²) in [6, 6.07) is 0. The van der Waals surface area contributed by atoms with Crippen LogP contribution in [0.3, 0.4) is 0 Å². The second kappa shape index (κ2) is 12.5. The Labute approximate surface area is 135 Å². The second-order valence-electron chi connectivity index (χ2n) is 4.88. The van der Waals surface area contributed by atoms with Gasteiger partial charge in [0.1, 0.15) is 0 Å². The van der Waals surface area contributed by atoms with E-state index in [1.807, 2.05) is 0 Å². The zero-order chi connectivity index (χ0) is 13.8. The Morgan fingerprint density at radius 2 is 1.61 bits per heavy atom. The third-order valence-electron chi connectivity index (χ3n) is 2.76. The minimum Gasteiger partial charge on any atom is -0.0880 e. The molecule has 0 N–H and O–H groups in total. The van der Waals surface area contributed by atoms with Crippen molar-refractivity contribution in [3.05, 3.63) is 34.9 Å². The summed E-state index contributed by atoms with van der Waals surface area (Å²) in [5.74, 6) is 0. The summed E-state index contributed by atoms with van der Waals surface area (Å²) >= 11 is 6.00. The van der Waals surface area contributed by atoms with Crippen LogP contribution >= 0.6 is 38.5 Å². The lowest BCUT2D eigenvalue weighted by Crippen LogP contribution is -1.86. The van der Waals surface area contributed by atoms with Gasteiger partial charge in [0.15, 0.2) is 0 Å². The van der Waals surface area contributed by atoms with Crippen LogP contribution < -0.4 is 0 Å². The van der Waals surface area contributed by atoms with E-state index in [2.05, 4.69) is 77.5 Å². The summed E-state index contributed by atoms with van der Waals surface area (Å²) in [5, 5.41) is 1.02. The maximum atomic E-state index is 3.57. The Morgan fingerprint density at radius 1 is 0.944 bits per heavy atom. The molecule has 0 heterocycles. The van der Waals surface area contributed by atoms with Crippen molar-refractivity contribution in [2.75, 3.05) is 9.76 Å². The molecule has 0 atom stereocenters. The molecule has 0 aliphatic rings. The van der Waals surface area contributed by atoms with Gasteiger partial charge in [0.05, 0.1) is 0 Å². The van der Waals surface area contributed by atoms with Crippen molar-refractivity contribution < 1.29 is 0 Å². The van der Waals surface area contributed by atoms with Gasteiger partial charge >= 0.3 is 0 Å². The molecule has 0 nitrogen and oxygen atoms in total. The van der Waals surface area contributed by atoms with E-state index in [9.17, 15) is 0 Å². The molecule has 104 valence electrons. The van der Waals surface area contributed by atoms with Crippen LogP contribution in [-0.2, 0) is 0 Å². The molecular weight excluding hydrogens is 399 g/mol. The van der Waals surface area contributed by atoms with Gasteiger partial charge < -0.3 is 0 Å². The van der Waals surface area contributed by atoms with Crippen LogP contribution in [0, 0.1) is 0 Å². The second-order valence-corrected chi connectivity index (χ2v) is 6.52. The van der Waals surface area contributed by atoms with E-state index in [1.54, 1.807) is 5.57 Å². The molecule has 0 radical (unpaired) electrons. The molecule has 0 aliphatic heterocycles. The molecule has 0 aromatic carbocycles. The molecule has 0 saturated carbocycles. The fourth-order valence-electron chi connectivity index (χ4n) is 1.68. The van der Waals surface area contributed by atoms with E-state index in [0.29, 0.717) is 0 Å². The standard InChI is InChI=1S/C16H26BrI/c1-14(2)7-4-8-15(3)9-5-10-16(13-17)11-6-12-18/h7,9,11H,4-6,8,10,12-13H2,1-3H3/b15-9+,16-11+. The fraction of sp³-hybridized carbons (Fsp3) is 0.625. The molecule has 0 fully saturated rings. The topological polar surface area (TPSA) is 0 Å². The van der Waals surface area contributed by atoms with Gasteiger partial charge in [-0.2, -0.15) is 0 Å². The average Bonchev–Trinajstić information content (AvgIpc) is 2.33. The number of rotatable bonds is 9. The van der Waals surface area contributed by atoms with Gasteiger partial charge in [0.25, 0.3) is 0 Å². The number of halogens is 2. The maximum Gasteiger partial charge on any atom is 0.0241 e. The maximum absolute atomic E-state index is 3.57. The first kappa shape index (κ1) is 18.4. The van der Waals surface area contributed by atoms with E-state index < -0.39 is 0 Å². The Bertz CT molecular complexity index is 296. The van der Waals surface area contributed by atoms with Gasteiger partial charge in [-0.3, -0.25) is 0 Å². The molecule has 2 heteroatoms. The van der Waals surface area contributed by atoms with Gasteiger partial charge in [-0.15, -0.1) is 0 Å². The van der Waals surface area contributed by atoms with Crippen LogP contribution in [0.2, 0.25) is 0 Å².